The van der Waals surface area contributed by atoms with Crippen LogP contribution in [0.4, 0.5) is 5.69 Å². The highest BCUT2D eigenvalue weighted by molar-refractivity contribution is 5.90. The van der Waals surface area contributed by atoms with Gasteiger partial charge in [0.05, 0.1) is 25.3 Å². The van der Waals surface area contributed by atoms with Crippen LogP contribution in [-0.2, 0) is 16.1 Å². The van der Waals surface area contributed by atoms with Crippen molar-refractivity contribution in [1.29, 1.82) is 0 Å². The number of anilines is 1. The van der Waals surface area contributed by atoms with Gasteiger partial charge >= 0.3 is 0 Å². The van der Waals surface area contributed by atoms with Gasteiger partial charge in [0.25, 0.3) is 0 Å². The Kier molecular flexibility index (Phi) is 5.41. The van der Waals surface area contributed by atoms with Crippen molar-refractivity contribution < 1.29 is 14.3 Å². The first-order valence-electron chi connectivity index (χ1n) is 8.58. The maximum atomic E-state index is 12.5. The zero-order chi connectivity index (χ0) is 18.5. The van der Waals surface area contributed by atoms with Crippen LogP contribution in [0.3, 0.4) is 0 Å². The molecule has 1 unspecified atom stereocenters. The Balaban J connectivity index is 1.56. The van der Waals surface area contributed by atoms with Gasteiger partial charge in [-0.1, -0.05) is 30.3 Å². The van der Waals surface area contributed by atoms with Gasteiger partial charge in [0.1, 0.15) is 5.75 Å². The van der Waals surface area contributed by atoms with E-state index < -0.39 is 0 Å². The first-order chi connectivity index (χ1) is 12.6. The summed E-state index contributed by atoms with van der Waals surface area (Å²) >= 11 is 0. The molecule has 26 heavy (non-hydrogen) atoms. The third kappa shape index (κ3) is 3.96. The Hall–Kier alpha value is -3.02. The second-order valence-electron chi connectivity index (χ2n) is 6.30. The predicted octanol–water partition coefficient (Wildman–Crippen LogP) is 2.21. The van der Waals surface area contributed by atoms with Crippen molar-refractivity contribution >= 4 is 17.5 Å². The first-order valence-corrected chi connectivity index (χ1v) is 8.58. The third-order valence-electron chi connectivity index (χ3n) is 4.59. The number of methoxy groups -OCH3 is 1. The molecule has 2 amide bonds. The minimum Gasteiger partial charge on any atom is -0.497 e. The van der Waals surface area contributed by atoms with Crippen LogP contribution in [0, 0.1) is 5.92 Å². The van der Waals surface area contributed by atoms with E-state index in [1.165, 1.54) is 0 Å². The van der Waals surface area contributed by atoms with Crippen LogP contribution in [0.15, 0.2) is 54.6 Å². The van der Waals surface area contributed by atoms with Gasteiger partial charge < -0.3 is 10.1 Å². The largest absolute Gasteiger partial charge is 0.497 e. The average Bonchev–Trinajstić information content (AvgIpc) is 3.08. The van der Waals surface area contributed by atoms with Gasteiger partial charge in [0.15, 0.2) is 0 Å². The summed E-state index contributed by atoms with van der Waals surface area (Å²) in [5.74, 6) is 0.298. The van der Waals surface area contributed by atoms with Gasteiger partial charge in [0, 0.05) is 20.0 Å². The van der Waals surface area contributed by atoms with E-state index >= 15 is 0 Å². The summed E-state index contributed by atoms with van der Waals surface area (Å²) in [5.41, 5.74) is 1.90. The highest BCUT2D eigenvalue weighted by Gasteiger charge is 2.36. The van der Waals surface area contributed by atoms with Gasteiger partial charge in [-0.15, -0.1) is 0 Å². The molecule has 2 aromatic rings. The molecule has 3 rings (SSSR count). The Bertz CT molecular complexity index is 762. The molecule has 0 radical (unpaired) electrons. The van der Waals surface area contributed by atoms with Gasteiger partial charge in [-0.3, -0.25) is 19.6 Å². The molecular weight excluding hydrogens is 330 g/mol. The molecule has 0 aliphatic carbocycles. The lowest BCUT2D eigenvalue weighted by atomic mass is 10.1. The highest BCUT2D eigenvalue weighted by Crippen LogP contribution is 2.23. The fourth-order valence-corrected chi connectivity index (χ4v) is 3.02. The molecule has 0 aromatic heterocycles. The lowest BCUT2D eigenvalue weighted by molar-refractivity contribution is -0.129. The van der Waals surface area contributed by atoms with E-state index in [1.54, 1.807) is 17.1 Å². The van der Waals surface area contributed by atoms with Gasteiger partial charge in [-0.25, -0.2) is 0 Å². The number of para-hydroxylation sites is 1. The van der Waals surface area contributed by atoms with Crippen LogP contribution in [-0.4, -0.2) is 37.5 Å². The van der Waals surface area contributed by atoms with Crippen LogP contribution >= 0.6 is 0 Å². The molecule has 0 spiro atoms. The third-order valence-corrected chi connectivity index (χ3v) is 4.59. The minimum absolute atomic E-state index is 0.0408. The maximum absolute atomic E-state index is 12.5. The van der Waals surface area contributed by atoms with E-state index in [0.717, 1.165) is 17.0 Å². The number of amides is 2. The van der Waals surface area contributed by atoms with Crippen molar-refractivity contribution in [1.82, 2.24) is 10.3 Å². The number of ether oxygens (including phenoxy) is 1. The number of hydrazine groups is 1. The fourth-order valence-electron chi connectivity index (χ4n) is 3.02. The molecule has 2 aromatic carbocycles. The molecule has 136 valence electrons. The molecule has 1 aliphatic rings. The molecule has 1 N–H and O–H groups in total. The molecule has 0 saturated carbocycles. The summed E-state index contributed by atoms with van der Waals surface area (Å²) in [4.78, 5) is 24.8. The average molecular weight is 353 g/mol. The highest BCUT2D eigenvalue weighted by atomic mass is 16.5. The SMILES string of the molecule is COc1ccc(CNC(=O)C2CC(=O)N(N(C)c3ccccc3)C2)cc1. The predicted molar refractivity (Wildman–Crippen MR) is 99.5 cm³/mol. The number of nitrogens with one attached hydrogen (secondary N) is 1. The van der Waals surface area contributed by atoms with Crippen molar-refractivity contribution in [2.24, 2.45) is 5.92 Å². The van der Waals surface area contributed by atoms with Crippen molar-refractivity contribution in [2.45, 2.75) is 13.0 Å². The Morgan fingerprint density at radius 2 is 1.88 bits per heavy atom. The van der Waals surface area contributed by atoms with Crippen LogP contribution in [0.2, 0.25) is 0 Å². The van der Waals surface area contributed by atoms with Crippen molar-refractivity contribution in [3.63, 3.8) is 0 Å². The standard InChI is InChI=1S/C20H23N3O3/c1-22(17-6-4-3-5-7-17)23-14-16(12-19(23)24)20(25)21-13-15-8-10-18(26-2)11-9-15/h3-11,16H,12-14H2,1-2H3,(H,21,25). The molecule has 1 atom stereocenters. The summed E-state index contributed by atoms with van der Waals surface area (Å²) in [6.07, 6.45) is 0.228. The zero-order valence-corrected chi connectivity index (χ0v) is 15.0. The van der Waals surface area contributed by atoms with Crippen LogP contribution in [0.25, 0.3) is 0 Å². The van der Waals surface area contributed by atoms with E-state index in [9.17, 15) is 9.59 Å². The minimum atomic E-state index is -0.341. The van der Waals surface area contributed by atoms with Crippen molar-refractivity contribution in [2.75, 3.05) is 25.7 Å². The fraction of sp³-hybridized carbons (Fsp3) is 0.300. The number of nitrogens with zero attached hydrogens (tertiary/aromatic N) is 2. The summed E-state index contributed by atoms with van der Waals surface area (Å²) in [5, 5.41) is 6.36. The summed E-state index contributed by atoms with van der Waals surface area (Å²) in [6, 6.07) is 17.2. The van der Waals surface area contributed by atoms with E-state index in [2.05, 4.69) is 5.32 Å². The topological polar surface area (TPSA) is 61.9 Å². The van der Waals surface area contributed by atoms with Gasteiger partial charge in [-0.05, 0) is 29.8 Å². The first kappa shape index (κ1) is 17.8. The molecule has 1 fully saturated rings. The molecule has 6 nitrogen and oxygen atoms in total. The summed E-state index contributed by atoms with van der Waals surface area (Å²) in [6.45, 7) is 0.820. The molecule has 0 bridgehead atoms. The van der Waals surface area contributed by atoms with E-state index in [-0.39, 0.29) is 24.2 Å². The molecule has 1 saturated heterocycles. The second-order valence-corrected chi connectivity index (χ2v) is 6.30. The monoisotopic (exact) mass is 353 g/mol. The van der Waals surface area contributed by atoms with E-state index in [0.29, 0.717) is 13.1 Å². The lowest BCUT2D eigenvalue weighted by Gasteiger charge is -2.30. The molecule has 6 heteroatoms. The number of hydrogen-bond donors (Lipinski definition) is 1. The quantitative estimate of drug-likeness (QED) is 0.865. The molecular formula is C20H23N3O3. The lowest BCUT2D eigenvalue weighted by Crippen LogP contribution is -2.42. The summed E-state index contributed by atoms with van der Waals surface area (Å²) in [7, 11) is 3.46. The van der Waals surface area contributed by atoms with Crippen LogP contribution in [0.5, 0.6) is 5.75 Å². The Morgan fingerprint density at radius 3 is 2.54 bits per heavy atom. The maximum Gasteiger partial charge on any atom is 0.241 e. The van der Waals surface area contributed by atoms with Gasteiger partial charge in [-0.2, -0.15) is 0 Å². The smallest absolute Gasteiger partial charge is 0.241 e. The second kappa shape index (κ2) is 7.91. The molecule has 1 aliphatic heterocycles. The Labute approximate surface area is 153 Å². The van der Waals surface area contributed by atoms with Crippen molar-refractivity contribution in [3.05, 3.63) is 60.2 Å². The van der Waals surface area contributed by atoms with Crippen LogP contribution < -0.4 is 15.1 Å². The summed E-state index contributed by atoms with van der Waals surface area (Å²) < 4.78 is 5.12. The van der Waals surface area contributed by atoms with Crippen molar-refractivity contribution in [3.8, 4) is 5.75 Å². The van der Waals surface area contributed by atoms with E-state index in [4.69, 9.17) is 4.74 Å². The van der Waals surface area contributed by atoms with E-state index in [1.807, 2.05) is 61.6 Å². The Morgan fingerprint density at radius 1 is 1.19 bits per heavy atom. The number of carbonyl (C=O) groups is 2. The van der Waals surface area contributed by atoms with Gasteiger partial charge in [0.2, 0.25) is 11.8 Å². The number of rotatable bonds is 6. The zero-order valence-electron chi connectivity index (χ0n) is 15.0. The van der Waals surface area contributed by atoms with Crippen LogP contribution in [0.1, 0.15) is 12.0 Å². The molecule has 1 heterocycles. The normalized spacial score (nSPS) is 16.5. The number of carbonyl (C=O) groups excluding carboxylic acids is 2. The number of benzene rings is 2. The number of hydrogen-bond acceptors (Lipinski definition) is 4.